The SMILES string of the molecule is CCc1noc(-c2cccc(NC(=O)NCCc3nc(C)cc(C)n3)c2)n1. The molecule has 2 amide bonds. The average molecular weight is 366 g/mol. The molecule has 3 rings (SSSR count). The molecule has 8 nitrogen and oxygen atoms in total. The Morgan fingerprint density at radius 1 is 1.07 bits per heavy atom. The zero-order chi connectivity index (χ0) is 19.2. The van der Waals surface area contributed by atoms with Crippen LogP contribution in [0.5, 0.6) is 0 Å². The Morgan fingerprint density at radius 3 is 2.56 bits per heavy atom. The predicted molar refractivity (Wildman–Crippen MR) is 101 cm³/mol. The second-order valence-corrected chi connectivity index (χ2v) is 6.15. The third-order valence-electron chi connectivity index (χ3n) is 3.81. The van der Waals surface area contributed by atoms with Crippen molar-refractivity contribution in [2.45, 2.75) is 33.6 Å². The van der Waals surface area contributed by atoms with Gasteiger partial charge in [0.05, 0.1) is 0 Å². The number of aromatic nitrogens is 4. The standard InChI is InChI=1S/C19H22N6O2/c1-4-16-24-18(27-25-16)14-6-5-7-15(11-14)23-19(26)20-9-8-17-21-12(2)10-13(3)22-17/h5-7,10-11H,4,8-9H2,1-3H3,(H2,20,23,26). The van der Waals surface area contributed by atoms with E-state index in [1.807, 2.05) is 39.0 Å². The van der Waals surface area contributed by atoms with Crippen LogP contribution in [-0.2, 0) is 12.8 Å². The Kier molecular flexibility index (Phi) is 5.75. The van der Waals surface area contributed by atoms with Gasteiger partial charge in [-0.25, -0.2) is 14.8 Å². The molecular formula is C19H22N6O2. The first kappa shape index (κ1) is 18.5. The fraction of sp³-hybridized carbons (Fsp3) is 0.316. The summed E-state index contributed by atoms with van der Waals surface area (Å²) in [5.41, 5.74) is 3.24. The van der Waals surface area contributed by atoms with E-state index in [2.05, 4.69) is 30.7 Å². The number of nitrogens with zero attached hydrogens (tertiary/aromatic N) is 4. The number of urea groups is 1. The second-order valence-electron chi connectivity index (χ2n) is 6.15. The van der Waals surface area contributed by atoms with E-state index < -0.39 is 0 Å². The van der Waals surface area contributed by atoms with Gasteiger partial charge in [0.2, 0.25) is 0 Å². The number of hydrogen-bond acceptors (Lipinski definition) is 6. The molecule has 1 aromatic carbocycles. The number of carbonyl (C=O) groups excluding carboxylic acids is 1. The maximum Gasteiger partial charge on any atom is 0.319 e. The van der Waals surface area contributed by atoms with Crippen molar-refractivity contribution >= 4 is 11.7 Å². The van der Waals surface area contributed by atoms with Crippen LogP contribution in [0, 0.1) is 13.8 Å². The van der Waals surface area contributed by atoms with Crippen molar-refractivity contribution in [2.24, 2.45) is 0 Å². The summed E-state index contributed by atoms with van der Waals surface area (Å²) < 4.78 is 5.23. The van der Waals surface area contributed by atoms with Crippen molar-refractivity contribution in [3.63, 3.8) is 0 Å². The topological polar surface area (TPSA) is 106 Å². The minimum absolute atomic E-state index is 0.295. The van der Waals surface area contributed by atoms with E-state index >= 15 is 0 Å². The first-order valence-corrected chi connectivity index (χ1v) is 8.82. The Hall–Kier alpha value is -3.29. The molecule has 140 valence electrons. The molecule has 0 saturated heterocycles. The Bertz CT molecular complexity index is 917. The fourth-order valence-corrected chi connectivity index (χ4v) is 2.62. The van der Waals surface area contributed by atoms with Gasteiger partial charge >= 0.3 is 6.03 Å². The summed E-state index contributed by atoms with van der Waals surface area (Å²) in [5, 5.41) is 9.50. The molecule has 0 radical (unpaired) electrons. The molecule has 8 heteroatoms. The van der Waals surface area contributed by atoms with E-state index in [1.54, 1.807) is 12.1 Å². The average Bonchev–Trinajstić information content (AvgIpc) is 3.10. The molecule has 0 unspecified atom stereocenters. The summed E-state index contributed by atoms with van der Waals surface area (Å²) in [7, 11) is 0. The van der Waals surface area contributed by atoms with Crippen LogP contribution in [0.3, 0.4) is 0 Å². The van der Waals surface area contributed by atoms with Crippen molar-refractivity contribution in [2.75, 3.05) is 11.9 Å². The zero-order valence-electron chi connectivity index (χ0n) is 15.6. The second kappa shape index (κ2) is 8.39. The maximum atomic E-state index is 12.1. The zero-order valence-corrected chi connectivity index (χ0v) is 15.6. The van der Waals surface area contributed by atoms with Crippen LogP contribution in [-0.4, -0.2) is 32.7 Å². The van der Waals surface area contributed by atoms with Crippen LogP contribution < -0.4 is 10.6 Å². The lowest BCUT2D eigenvalue weighted by molar-refractivity contribution is 0.252. The molecule has 27 heavy (non-hydrogen) atoms. The summed E-state index contributed by atoms with van der Waals surface area (Å²) >= 11 is 0. The molecule has 0 atom stereocenters. The smallest absolute Gasteiger partial charge is 0.319 e. The summed E-state index contributed by atoms with van der Waals surface area (Å²) in [6.07, 6.45) is 1.27. The normalized spacial score (nSPS) is 10.6. The van der Waals surface area contributed by atoms with Crippen LogP contribution in [0.4, 0.5) is 10.5 Å². The molecule has 0 aliphatic heterocycles. The van der Waals surface area contributed by atoms with Crippen LogP contribution in [0.1, 0.15) is 30.0 Å². The summed E-state index contributed by atoms with van der Waals surface area (Å²) in [6, 6.07) is 8.89. The number of amides is 2. The van der Waals surface area contributed by atoms with Gasteiger partial charge in [0.1, 0.15) is 5.82 Å². The van der Waals surface area contributed by atoms with Gasteiger partial charge in [0.25, 0.3) is 5.89 Å². The van der Waals surface area contributed by atoms with Crippen molar-refractivity contribution < 1.29 is 9.32 Å². The summed E-state index contributed by atoms with van der Waals surface area (Å²) in [5.74, 6) is 1.80. The van der Waals surface area contributed by atoms with E-state index in [0.29, 0.717) is 36.8 Å². The maximum absolute atomic E-state index is 12.1. The molecule has 2 N–H and O–H groups in total. The molecule has 2 aromatic heterocycles. The van der Waals surface area contributed by atoms with Gasteiger partial charge in [-0.2, -0.15) is 4.98 Å². The molecule has 0 saturated carbocycles. The van der Waals surface area contributed by atoms with Gasteiger partial charge in [-0.3, -0.25) is 0 Å². The van der Waals surface area contributed by atoms with E-state index in [0.717, 1.165) is 22.8 Å². The lowest BCUT2D eigenvalue weighted by Crippen LogP contribution is -2.30. The van der Waals surface area contributed by atoms with Crippen LogP contribution in [0.25, 0.3) is 11.5 Å². The Labute approximate surface area is 157 Å². The monoisotopic (exact) mass is 366 g/mol. The molecule has 0 fully saturated rings. The quantitative estimate of drug-likeness (QED) is 0.694. The number of anilines is 1. The molecule has 0 spiro atoms. The Morgan fingerprint density at radius 2 is 1.85 bits per heavy atom. The highest BCUT2D eigenvalue weighted by Gasteiger charge is 2.09. The van der Waals surface area contributed by atoms with Gasteiger partial charge in [0, 0.05) is 42.0 Å². The van der Waals surface area contributed by atoms with Crippen LogP contribution in [0.2, 0.25) is 0 Å². The number of benzene rings is 1. The molecule has 0 aliphatic rings. The highest BCUT2D eigenvalue weighted by molar-refractivity contribution is 5.89. The first-order valence-electron chi connectivity index (χ1n) is 8.82. The van der Waals surface area contributed by atoms with E-state index in [-0.39, 0.29) is 6.03 Å². The fourth-order valence-electron chi connectivity index (χ4n) is 2.62. The van der Waals surface area contributed by atoms with E-state index in [4.69, 9.17) is 4.52 Å². The highest BCUT2D eigenvalue weighted by Crippen LogP contribution is 2.21. The molecule has 0 aliphatic carbocycles. The summed E-state index contributed by atoms with van der Waals surface area (Å²) in [4.78, 5) is 25.1. The molecular weight excluding hydrogens is 344 g/mol. The third kappa shape index (κ3) is 5.10. The molecule has 2 heterocycles. The minimum atomic E-state index is -0.295. The van der Waals surface area contributed by atoms with Gasteiger partial charge in [-0.1, -0.05) is 18.1 Å². The molecule has 3 aromatic rings. The summed E-state index contributed by atoms with van der Waals surface area (Å²) in [6.45, 7) is 6.26. The number of carbonyl (C=O) groups is 1. The lowest BCUT2D eigenvalue weighted by atomic mass is 10.2. The largest absolute Gasteiger partial charge is 0.337 e. The third-order valence-corrected chi connectivity index (χ3v) is 3.81. The van der Waals surface area contributed by atoms with Gasteiger partial charge < -0.3 is 15.2 Å². The first-order chi connectivity index (χ1) is 13.0. The van der Waals surface area contributed by atoms with E-state index in [9.17, 15) is 4.79 Å². The van der Waals surface area contributed by atoms with Crippen molar-refractivity contribution in [3.8, 4) is 11.5 Å². The lowest BCUT2D eigenvalue weighted by Gasteiger charge is -2.08. The predicted octanol–water partition coefficient (Wildman–Crippen LogP) is 3.07. The number of rotatable bonds is 6. The van der Waals surface area contributed by atoms with Crippen molar-refractivity contribution in [1.29, 1.82) is 0 Å². The molecule has 0 bridgehead atoms. The number of hydrogen-bond donors (Lipinski definition) is 2. The van der Waals surface area contributed by atoms with E-state index in [1.165, 1.54) is 0 Å². The minimum Gasteiger partial charge on any atom is -0.337 e. The van der Waals surface area contributed by atoms with Crippen molar-refractivity contribution in [3.05, 3.63) is 53.4 Å². The number of nitrogens with one attached hydrogen (secondary N) is 2. The van der Waals surface area contributed by atoms with Gasteiger partial charge in [-0.15, -0.1) is 0 Å². The highest BCUT2D eigenvalue weighted by atomic mass is 16.5. The van der Waals surface area contributed by atoms with Crippen LogP contribution >= 0.6 is 0 Å². The Balaban J connectivity index is 1.55. The van der Waals surface area contributed by atoms with Crippen molar-refractivity contribution in [1.82, 2.24) is 25.4 Å². The van der Waals surface area contributed by atoms with Crippen LogP contribution in [0.15, 0.2) is 34.9 Å². The van der Waals surface area contributed by atoms with Gasteiger partial charge in [0.15, 0.2) is 5.82 Å². The van der Waals surface area contributed by atoms with Gasteiger partial charge in [-0.05, 0) is 38.1 Å². The number of aryl methyl sites for hydroxylation is 3.